The number of rotatable bonds is 0. The van der Waals surface area contributed by atoms with Crippen molar-refractivity contribution in [2.24, 2.45) is 0 Å². The number of hydrogen-bond donors (Lipinski definition) is 2. The third-order valence-corrected chi connectivity index (χ3v) is 2.77. The number of anilines is 1. The van der Waals surface area contributed by atoms with Crippen molar-refractivity contribution in [1.82, 2.24) is 4.98 Å². The third kappa shape index (κ3) is 1.02. The van der Waals surface area contributed by atoms with Crippen LogP contribution in [0.4, 0.5) is 5.69 Å². The van der Waals surface area contributed by atoms with Gasteiger partial charge in [0.15, 0.2) is 0 Å². The quantitative estimate of drug-likeness (QED) is 0.592. The van der Waals surface area contributed by atoms with Gasteiger partial charge in [-0.05, 0) is 44.0 Å². The molecule has 0 saturated carbocycles. The van der Waals surface area contributed by atoms with E-state index in [0.717, 1.165) is 5.69 Å². The van der Waals surface area contributed by atoms with E-state index in [2.05, 4.69) is 25.8 Å². The summed E-state index contributed by atoms with van der Waals surface area (Å²) in [4.78, 5) is 3.34. The van der Waals surface area contributed by atoms with Crippen LogP contribution in [-0.2, 0) is 0 Å². The van der Waals surface area contributed by atoms with E-state index in [1.165, 1.54) is 27.7 Å². The number of nitrogens with one attached hydrogen (secondary N) is 1. The highest BCUT2D eigenvalue weighted by Gasteiger charge is 2.07. The van der Waals surface area contributed by atoms with Gasteiger partial charge in [-0.15, -0.1) is 0 Å². The number of aromatic nitrogens is 1. The zero-order valence-electron chi connectivity index (χ0n) is 8.23. The molecule has 1 aromatic heterocycles. The second-order valence-corrected chi connectivity index (χ2v) is 3.58. The van der Waals surface area contributed by atoms with Gasteiger partial charge < -0.3 is 10.7 Å². The van der Waals surface area contributed by atoms with E-state index >= 15 is 0 Å². The molecule has 0 fully saturated rings. The summed E-state index contributed by atoms with van der Waals surface area (Å²) in [5, 5.41) is 1.28. The van der Waals surface area contributed by atoms with E-state index in [9.17, 15) is 0 Å². The molecule has 0 aliphatic rings. The van der Waals surface area contributed by atoms with Gasteiger partial charge in [-0.3, -0.25) is 0 Å². The summed E-state index contributed by atoms with van der Waals surface area (Å²) < 4.78 is 0. The number of benzene rings is 1. The first-order valence-electron chi connectivity index (χ1n) is 4.45. The van der Waals surface area contributed by atoms with Gasteiger partial charge in [-0.25, -0.2) is 0 Å². The van der Waals surface area contributed by atoms with Crippen LogP contribution in [0.1, 0.15) is 16.8 Å². The number of nitrogens with two attached hydrogens (primary N) is 1. The number of hydrogen-bond acceptors (Lipinski definition) is 1. The molecule has 0 spiro atoms. The molecule has 0 bridgehead atoms. The van der Waals surface area contributed by atoms with Gasteiger partial charge >= 0.3 is 0 Å². The Balaban J connectivity index is 2.97. The van der Waals surface area contributed by atoms with Crippen molar-refractivity contribution in [2.45, 2.75) is 20.8 Å². The summed E-state index contributed by atoms with van der Waals surface area (Å²) in [7, 11) is 0. The van der Waals surface area contributed by atoms with Crippen LogP contribution in [0.5, 0.6) is 0 Å². The molecule has 3 N–H and O–H groups in total. The van der Waals surface area contributed by atoms with E-state index in [1.54, 1.807) is 0 Å². The Morgan fingerprint density at radius 3 is 2.46 bits per heavy atom. The van der Waals surface area contributed by atoms with Crippen LogP contribution in [0, 0.1) is 20.8 Å². The van der Waals surface area contributed by atoms with Crippen LogP contribution in [-0.4, -0.2) is 4.98 Å². The van der Waals surface area contributed by atoms with E-state index < -0.39 is 0 Å². The molecule has 0 unspecified atom stereocenters. The van der Waals surface area contributed by atoms with Gasteiger partial charge in [0.1, 0.15) is 0 Å². The lowest BCUT2D eigenvalue weighted by molar-refractivity contribution is 1.25. The van der Waals surface area contributed by atoms with Crippen LogP contribution in [0.3, 0.4) is 0 Å². The molecule has 2 nitrogen and oxygen atoms in total. The minimum atomic E-state index is 0.870. The molecule has 0 aliphatic heterocycles. The van der Waals surface area contributed by atoms with Crippen molar-refractivity contribution >= 4 is 16.6 Å². The van der Waals surface area contributed by atoms with E-state index in [0.29, 0.717) is 0 Å². The average molecular weight is 174 g/mol. The molecule has 68 valence electrons. The predicted molar refractivity (Wildman–Crippen MR) is 56.9 cm³/mol. The Kier molecular flexibility index (Phi) is 1.59. The van der Waals surface area contributed by atoms with Gasteiger partial charge in [-0.1, -0.05) is 0 Å². The number of aryl methyl sites for hydroxylation is 3. The fraction of sp³-hybridized carbons (Fsp3) is 0.273. The third-order valence-electron chi connectivity index (χ3n) is 2.77. The molecule has 0 atom stereocenters. The first kappa shape index (κ1) is 8.17. The van der Waals surface area contributed by atoms with Crippen molar-refractivity contribution in [1.29, 1.82) is 0 Å². The van der Waals surface area contributed by atoms with Crippen molar-refractivity contribution in [2.75, 3.05) is 5.73 Å². The lowest BCUT2D eigenvalue weighted by Gasteiger charge is -2.01. The van der Waals surface area contributed by atoms with Crippen molar-refractivity contribution in [3.8, 4) is 0 Å². The lowest BCUT2D eigenvalue weighted by Crippen LogP contribution is -1.89. The van der Waals surface area contributed by atoms with E-state index in [4.69, 9.17) is 5.73 Å². The second kappa shape index (κ2) is 2.52. The summed E-state index contributed by atoms with van der Waals surface area (Å²) in [6.45, 7) is 6.28. The molecule has 0 radical (unpaired) electrons. The highest BCUT2D eigenvalue weighted by molar-refractivity contribution is 5.91. The average Bonchev–Trinajstić information content (AvgIpc) is 2.37. The van der Waals surface area contributed by atoms with Crippen LogP contribution in [0.25, 0.3) is 10.9 Å². The van der Waals surface area contributed by atoms with Crippen molar-refractivity contribution in [3.05, 3.63) is 29.0 Å². The molecule has 2 aromatic rings. The minimum absolute atomic E-state index is 0.870. The van der Waals surface area contributed by atoms with Gasteiger partial charge in [0.2, 0.25) is 0 Å². The SMILES string of the molecule is Cc1[nH]c2ccc(N)c(C)c2c1C. The molecule has 1 heterocycles. The van der Waals surface area contributed by atoms with E-state index in [1.807, 2.05) is 12.1 Å². The maximum absolute atomic E-state index is 5.85. The standard InChI is InChI=1S/C11H14N2/c1-6-8(3)13-10-5-4-9(12)7(2)11(6)10/h4-5,13H,12H2,1-3H3. The molecule has 0 aliphatic carbocycles. The maximum atomic E-state index is 5.85. The summed E-state index contributed by atoms with van der Waals surface area (Å²) in [5.74, 6) is 0. The molecule has 13 heavy (non-hydrogen) atoms. The van der Waals surface area contributed by atoms with Gasteiger partial charge in [-0.2, -0.15) is 0 Å². The molecule has 0 amide bonds. The molecular formula is C11H14N2. The first-order chi connectivity index (χ1) is 6.11. The number of H-pyrrole nitrogens is 1. The number of aromatic amines is 1. The number of nitrogen functional groups attached to an aromatic ring is 1. The van der Waals surface area contributed by atoms with Gasteiger partial charge in [0.05, 0.1) is 0 Å². The van der Waals surface area contributed by atoms with E-state index in [-0.39, 0.29) is 0 Å². The Morgan fingerprint density at radius 1 is 1.08 bits per heavy atom. The van der Waals surface area contributed by atoms with Gasteiger partial charge in [0.25, 0.3) is 0 Å². The smallest absolute Gasteiger partial charge is 0.0462 e. The Hall–Kier alpha value is -1.44. The van der Waals surface area contributed by atoms with Gasteiger partial charge in [0, 0.05) is 22.3 Å². The van der Waals surface area contributed by atoms with Crippen molar-refractivity contribution in [3.63, 3.8) is 0 Å². The van der Waals surface area contributed by atoms with Crippen LogP contribution >= 0.6 is 0 Å². The maximum Gasteiger partial charge on any atom is 0.0462 e. The largest absolute Gasteiger partial charge is 0.398 e. The molecule has 2 heteroatoms. The zero-order chi connectivity index (χ0) is 9.59. The highest BCUT2D eigenvalue weighted by Crippen LogP contribution is 2.27. The second-order valence-electron chi connectivity index (χ2n) is 3.58. The molecule has 2 rings (SSSR count). The monoisotopic (exact) mass is 174 g/mol. The Morgan fingerprint density at radius 2 is 1.77 bits per heavy atom. The Labute approximate surface area is 77.8 Å². The topological polar surface area (TPSA) is 41.8 Å². The molecule has 0 saturated heterocycles. The molecular weight excluding hydrogens is 160 g/mol. The van der Waals surface area contributed by atoms with Crippen LogP contribution in [0.15, 0.2) is 12.1 Å². The summed E-state index contributed by atoms with van der Waals surface area (Å²) >= 11 is 0. The summed E-state index contributed by atoms with van der Waals surface area (Å²) in [6, 6.07) is 3.99. The fourth-order valence-electron chi connectivity index (χ4n) is 1.80. The normalized spacial score (nSPS) is 11.0. The lowest BCUT2D eigenvalue weighted by atomic mass is 10.1. The Bertz CT molecular complexity index is 466. The minimum Gasteiger partial charge on any atom is -0.398 e. The number of fused-ring (bicyclic) bond motifs is 1. The summed E-state index contributed by atoms with van der Waals surface area (Å²) in [6.07, 6.45) is 0. The van der Waals surface area contributed by atoms with Crippen LogP contribution < -0.4 is 5.73 Å². The summed E-state index contributed by atoms with van der Waals surface area (Å²) in [5.41, 5.74) is 11.6. The van der Waals surface area contributed by atoms with Crippen LogP contribution in [0.2, 0.25) is 0 Å². The van der Waals surface area contributed by atoms with Crippen molar-refractivity contribution < 1.29 is 0 Å². The highest BCUT2D eigenvalue weighted by atomic mass is 14.7. The molecule has 1 aromatic carbocycles. The fourth-order valence-corrected chi connectivity index (χ4v) is 1.80. The zero-order valence-corrected chi connectivity index (χ0v) is 8.23. The predicted octanol–water partition coefficient (Wildman–Crippen LogP) is 2.68. The first-order valence-corrected chi connectivity index (χ1v) is 4.45.